The summed E-state index contributed by atoms with van der Waals surface area (Å²) in [5.74, 6) is -0.151. The summed E-state index contributed by atoms with van der Waals surface area (Å²) in [6.07, 6.45) is 2.07. The first-order chi connectivity index (χ1) is 7.90. The Morgan fingerprint density at radius 2 is 2.00 bits per heavy atom. The van der Waals surface area contributed by atoms with E-state index in [1.54, 1.807) is 12.1 Å². The molecule has 0 aromatic heterocycles. The molecule has 0 amide bonds. The second-order valence-corrected chi connectivity index (χ2v) is 5.46. The van der Waals surface area contributed by atoms with Crippen LogP contribution in [0.1, 0.15) is 38.3 Å². The van der Waals surface area contributed by atoms with Crippen molar-refractivity contribution in [2.75, 3.05) is 7.05 Å². The standard InChI is InChI=1S/C15H24FN/c1-6-15(3,4)14(17-5)10-12-7-8-13(16)9-11(12)2/h7-9,14,17H,6,10H2,1-5H3. The lowest BCUT2D eigenvalue weighted by atomic mass is 9.78. The summed E-state index contributed by atoms with van der Waals surface area (Å²) >= 11 is 0. The van der Waals surface area contributed by atoms with Crippen LogP contribution in [-0.2, 0) is 6.42 Å². The number of hydrogen-bond donors (Lipinski definition) is 1. The van der Waals surface area contributed by atoms with Crippen LogP contribution in [0.15, 0.2) is 18.2 Å². The normalized spacial score (nSPS) is 13.8. The minimum atomic E-state index is -0.151. The van der Waals surface area contributed by atoms with E-state index in [0.717, 1.165) is 18.4 Å². The number of benzene rings is 1. The fourth-order valence-electron chi connectivity index (χ4n) is 2.12. The van der Waals surface area contributed by atoms with Gasteiger partial charge in [-0.1, -0.05) is 26.8 Å². The highest BCUT2D eigenvalue weighted by Gasteiger charge is 2.26. The van der Waals surface area contributed by atoms with E-state index >= 15 is 0 Å². The number of nitrogens with one attached hydrogen (secondary N) is 1. The van der Waals surface area contributed by atoms with Crippen molar-refractivity contribution in [1.29, 1.82) is 0 Å². The Bertz CT molecular complexity index is 371. The highest BCUT2D eigenvalue weighted by Crippen LogP contribution is 2.27. The Kier molecular flexibility index (Phi) is 4.70. The number of hydrogen-bond acceptors (Lipinski definition) is 1. The van der Waals surface area contributed by atoms with E-state index in [-0.39, 0.29) is 11.2 Å². The number of rotatable bonds is 5. The molecule has 0 fully saturated rings. The minimum Gasteiger partial charge on any atom is -0.316 e. The van der Waals surface area contributed by atoms with Gasteiger partial charge >= 0.3 is 0 Å². The van der Waals surface area contributed by atoms with E-state index in [0.29, 0.717) is 6.04 Å². The summed E-state index contributed by atoms with van der Waals surface area (Å²) < 4.78 is 13.1. The molecule has 0 bridgehead atoms. The van der Waals surface area contributed by atoms with Crippen molar-refractivity contribution in [2.24, 2.45) is 5.41 Å². The molecule has 1 unspecified atom stereocenters. The Hall–Kier alpha value is -0.890. The molecule has 0 radical (unpaired) electrons. The van der Waals surface area contributed by atoms with Crippen LogP contribution in [0.4, 0.5) is 4.39 Å². The maximum Gasteiger partial charge on any atom is 0.123 e. The Labute approximate surface area is 104 Å². The van der Waals surface area contributed by atoms with Gasteiger partial charge in [0.25, 0.3) is 0 Å². The van der Waals surface area contributed by atoms with Gasteiger partial charge in [-0.15, -0.1) is 0 Å². The van der Waals surface area contributed by atoms with Crippen molar-refractivity contribution in [3.05, 3.63) is 35.1 Å². The zero-order valence-electron chi connectivity index (χ0n) is 11.6. The Morgan fingerprint density at radius 1 is 1.35 bits per heavy atom. The molecule has 1 aromatic carbocycles. The van der Waals surface area contributed by atoms with Crippen LogP contribution in [-0.4, -0.2) is 13.1 Å². The molecule has 1 aromatic rings. The van der Waals surface area contributed by atoms with Crippen LogP contribution in [0.25, 0.3) is 0 Å². The van der Waals surface area contributed by atoms with Gasteiger partial charge in [0.05, 0.1) is 0 Å². The summed E-state index contributed by atoms with van der Waals surface area (Å²) in [5.41, 5.74) is 2.51. The molecule has 1 nitrogen and oxygen atoms in total. The molecule has 0 aliphatic carbocycles. The summed E-state index contributed by atoms with van der Waals surface area (Å²) in [7, 11) is 2.00. The molecule has 17 heavy (non-hydrogen) atoms. The molecule has 2 heteroatoms. The van der Waals surface area contributed by atoms with Gasteiger partial charge in [-0.25, -0.2) is 4.39 Å². The van der Waals surface area contributed by atoms with Gasteiger partial charge in [0.15, 0.2) is 0 Å². The molecule has 96 valence electrons. The van der Waals surface area contributed by atoms with Crippen LogP contribution >= 0.6 is 0 Å². The zero-order chi connectivity index (χ0) is 13.1. The highest BCUT2D eigenvalue weighted by molar-refractivity contribution is 5.27. The Morgan fingerprint density at radius 3 is 2.47 bits per heavy atom. The average molecular weight is 237 g/mol. The molecular formula is C15H24FN. The van der Waals surface area contributed by atoms with Crippen molar-refractivity contribution >= 4 is 0 Å². The van der Waals surface area contributed by atoms with Gasteiger partial charge in [-0.3, -0.25) is 0 Å². The first kappa shape index (κ1) is 14.2. The molecule has 1 rings (SSSR count). The molecule has 1 N–H and O–H groups in total. The lowest BCUT2D eigenvalue weighted by molar-refractivity contribution is 0.240. The topological polar surface area (TPSA) is 12.0 Å². The monoisotopic (exact) mass is 237 g/mol. The largest absolute Gasteiger partial charge is 0.316 e. The second-order valence-electron chi connectivity index (χ2n) is 5.46. The maximum atomic E-state index is 13.1. The number of likely N-dealkylation sites (N-methyl/N-ethyl adjacent to an activating group) is 1. The van der Waals surface area contributed by atoms with Gasteiger partial charge in [0.2, 0.25) is 0 Å². The van der Waals surface area contributed by atoms with Crippen molar-refractivity contribution in [3.8, 4) is 0 Å². The molecule has 0 aliphatic heterocycles. The Balaban J connectivity index is 2.88. The smallest absolute Gasteiger partial charge is 0.123 e. The summed E-state index contributed by atoms with van der Waals surface area (Å²) in [5, 5.41) is 3.39. The van der Waals surface area contributed by atoms with Crippen LogP contribution in [0.2, 0.25) is 0 Å². The van der Waals surface area contributed by atoms with Crippen LogP contribution < -0.4 is 5.32 Å². The number of halogens is 1. The second kappa shape index (κ2) is 5.63. The van der Waals surface area contributed by atoms with Gasteiger partial charge in [-0.2, -0.15) is 0 Å². The number of aryl methyl sites for hydroxylation is 1. The van der Waals surface area contributed by atoms with E-state index in [4.69, 9.17) is 0 Å². The minimum absolute atomic E-state index is 0.151. The van der Waals surface area contributed by atoms with Crippen LogP contribution in [0.3, 0.4) is 0 Å². The molecule has 0 aliphatic rings. The van der Waals surface area contributed by atoms with Gasteiger partial charge < -0.3 is 5.32 Å². The molecule has 0 spiro atoms. The highest BCUT2D eigenvalue weighted by atomic mass is 19.1. The van der Waals surface area contributed by atoms with E-state index in [2.05, 4.69) is 26.1 Å². The fraction of sp³-hybridized carbons (Fsp3) is 0.600. The van der Waals surface area contributed by atoms with Gasteiger partial charge in [0.1, 0.15) is 5.82 Å². The first-order valence-electron chi connectivity index (χ1n) is 6.33. The quantitative estimate of drug-likeness (QED) is 0.823. The first-order valence-corrected chi connectivity index (χ1v) is 6.33. The van der Waals surface area contributed by atoms with E-state index < -0.39 is 0 Å². The van der Waals surface area contributed by atoms with Gasteiger partial charge in [-0.05, 0) is 55.5 Å². The van der Waals surface area contributed by atoms with Crippen molar-refractivity contribution in [2.45, 2.75) is 46.6 Å². The summed E-state index contributed by atoms with van der Waals surface area (Å²) in [4.78, 5) is 0. The molecular weight excluding hydrogens is 213 g/mol. The van der Waals surface area contributed by atoms with Crippen LogP contribution in [0.5, 0.6) is 0 Å². The summed E-state index contributed by atoms with van der Waals surface area (Å²) in [6.45, 7) is 8.73. The average Bonchev–Trinajstić information content (AvgIpc) is 2.27. The molecule has 0 saturated carbocycles. The van der Waals surface area contributed by atoms with Crippen molar-refractivity contribution in [3.63, 3.8) is 0 Å². The lowest BCUT2D eigenvalue weighted by Crippen LogP contribution is -2.41. The third kappa shape index (κ3) is 3.53. The lowest BCUT2D eigenvalue weighted by Gasteiger charge is -2.33. The molecule has 0 heterocycles. The maximum absolute atomic E-state index is 13.1. The molecule has 0 saturated heterocycles. The third-order valence-electron chi connectivity index (χ3n) is 3.93. The predicted octanol–water partition coefficient (Wildman–Crippen LogP) is 3.70. The van der Waals surface area contributed by atoms with Crippen molar-refractivity contribution in [1.82, 2.24) is 5.32 Å². The van der Waals surface area contributed by atoms with Crippen molar-refractivity contribution < 1.29 is 4.39 Å². The third-order valence-corrected chi connectivity index (χ3v) is 3.93. The molecule has 1 atom stereocenters. The van der Waals surface area contributed by atoms with E-state index in [1.165, 1.54) is 5.56 Å². The van der Waals surface area contributed by atoms with E-state index in [1.807, 2.05) is 20.0 Å². The summed E-state index contributed by atoms with van der Waals surface area (Å²) in [6, 6.07) is 5.48. The predicted molar refractivity (Wildman–Crippen MR) is 71.8 cm³/mol. The SMILES string of the molecule is CCC(C)(C)C(Cc1ccc(F)cc1C)NC. The van der Waals surface area contributed by atoms with Crippen LogP contribution in [0, 0.1) is 18.2 Å². The van der Waals surface area contributed by atoms with E-state index in [9.17, 15) is 4.39 Å². The zero-order valence-corrected chi connectivity index (χ0v) is 11.6. The fourth-order valence-corrected chi connectivity index (χ4v) is 2.12. The van der Waals surface area contributed by atoms with Gasteiger partial charge in [0, 0.05) is 6.04 Å².